The molecule has 1 aromatic rings. The van der Waals surface area contributed by atoms with Gasteiger partial charge in [-0.2, -0.15) is 0 Å². The fourth-order valence-electron chi connectivity index (χ4n) is 2.87. The molecule has 6 heteroatoms. The maximum atomic E-state index is 12.1. The second-order valence-corrected chi connectivity index (χ2v) is 5.60. The van der Waals surface area contributed by atoms with Crippen molar-refractivity contribution in [1.29, 1.82) is 0 Å². The van der Waals surface area contributed by atoms with Gasteiger partial charge in [0.25, 0.3) is 5.91 Å². The number of hydrogen-bond donors (Lipinski definition) is 2. The zero-order valence-corrected chi connectivity index (χ0v) is 11.2. The summed E-state index contributed by atoms with van der Waals surface area (Å²) in [7, 11) is 1.29. The molecule has 0 radical (unpaired) electrons. The van der Waals surface area contributed by atoms with Crippen LogP contribution in [0.5, 0.6) is 5.75 Å². The summed E-state index contributed by atoms with van der Waals surface area (Å²) >= 11 is 0. The standard InChI is InChI=1S/C14H15NO5/c1-13(18)6-14(7-13)12(17)15-9-5-8(11(16)19-2)3-4-10(9)20-14/h3-5,18H,6-7H2,1-2H3,(H,15,17). The Balaban J connectivity index is 1.90. The number of anilines is 1. The number of aliphatic hydroxyl groups is 1. The van der Waals surface area contributed by atoms with Gasteiger partial charge in [-0.15, -0.1) is 0 Å². The molecular formula is C14H15NO5. The van der Waals surface area contributed by atoms with Gasteiger partial charge in [-0.25, -0.2) is 4.79 Å². The van der Waals surface area contributed by atoms with Crippen molar-refractivity contribution >= 4 is 17.6 Å². The van der Waals surface area contributed by atoms with E-state index in [0.29, 0.717) is 17.0 Å². The van der Waals surface area contributed by atoms with Crippen molar-refractivity contribution in [3.8, 4) is 5.75 Å². The van der Waals surface area contributed by atoms with Crippen molar-refractivity contribution in [2.75, 3.05) is 12.4 Å². The number of methoxy groups -OCH3 is 1. The Kier molecular flexibility index (Phi) is 2.56. The summed E-state index contributed by atoms with van der Waals surface area (Å²) in [5.74, 6) is -0.278. The van der Waals surface area contributed by atoms with E-state index in [1.165, 1.54) is 13.2 Å². The Bertz CT molecular complexity index is 600. The fraction of sp³-hybridized carbons (Fsp3) is 0.429. The molecule has 20 heavy (non-hydrogen) atoms. The first-order valence-corrected chi connectivity index (χ1v) is 6.30. The zero-order chi connectivity index (χ0) is 14.5. The lowest BCUT2D eigenvalue weighted by Gasteiger charge is -2.51. The topological polar surface area (TPSA) is 84.9 Å². The fourth-order valence-corrected chi connectivity index (χ4v) is 2.87. The van der Waals surface area contributed by atoms with Gasteiger partial charge in [0.05, 0.1) is 24.0 Å². The summed E-state index contributed by atoms with van der Waals surface area (Å²) in [5, 5.41) is 12.6. The molecule has 2 N–H and O–H groups in total. The first-order valence-electron chi connectivity index (χ1n) is 6.30. The molecule has 1 amide bonds. The molecular weight excluding hydrogens is 262 g/mol. The molecule has 1 heterocycles. The molecule has 0 saturated heterocycles. The highest BCUT2D eigenvalue weighted by Crippen LogP contribution is 2.48. The van der Waals surface area contributed by atoms with E-state index in [1.807, 2.05) is 0 Å². The normalized spacial score (nSPS) is 30.9. The zero-order valence-electron chi connectivity index (χ0n) is 11.2. The summed E-state index contributed by atoms with van der Waals surface area (Å²) in [6.07, 6.45) is 0.508. The largest absolute Gasteiger partial charge is 0.475 e. The van der Waals surface area contributed by atoms with Crippen LogP contribution in [0.15, 0.2) is 18.2 Å². The molecule has 106 valence electrons. The molecule has 1 fully saturated rings. The number of benzene rings is 1. The number of amides is 1. The van der Waals surface area contributed by atoms with Crippen molar-refractivity contribution in [1.82, 2.24) is 0 Å². The van der Waals surface area contributed by atoms with Crippen LogP contribution in [-0.2, 0) is 9.53 Å². The van der Waals surface area contributed by atoms with Gasteiger partial charge in [-0.05, 0) is 25.1 Å². The Morgan fingerprint density at radius 2 is 2.15 bits per heavy atom. The van der Waals surface area contributed by atoms with Crippen LogP contribution in [0.2, 0.25) is 0 Å². The molecule has 0 unspecified atom stereocenters. The number of ether oxygens (including phenoxy) is 2. The van der Waals surface area contributed by atoms with Gasteiger partial charge in [-0.1, -0.05) is 0 Å². The third-order valence-corrected chi connectivity index (χ3v) is 3.70. The minimum absolute atomic E-state index is 0.254. The highest BCUT2D eigenvalue weighted by molar-refractivity contribution is 6.03. The van der Waals surface area contributed by atoms with E-state index in [9.17, 15) is 14.7 Å². The van der Waals surface area contributed by atoms with E-state index in [-0.39, 0.29) is 18.7 Å². The van der Waals surface area contributed by atoms with Gasteiger partial charge < -0.3 is 19.9 Å². The highest BCUT2D eigenvalue weighted by Gasteiger charge is 2.60. The first kappa shape index (κ1) is 12.9. The third-order valence-electron chi connectivity index (χ3n) is 3.70. The van der Waals surface area contributed by atoms with Crippen LogP contribution in [0.1, 0.15) is 30.1 Å². The summed E-state index contributed by atoms with van der Waals surface area (Å²) < 4.78 is 10.4. The van der Waals surface area contributed by atoms with E-state index in [2.05, 4.69) is 10.1 Å². The van der Waals surface area contributed by atoms with Crippen molar-refractivity contribution in [2.24, 2.45) is 0 Å². The Morgan fingerprint density at radius 1 is 1.45 bits per heavy atom. The molecule has 2 aliphatic rings. The maximum absolute atomic E-state index is 12.1. The van der Waals surface area contributed by atoms with E-state index in [0.717, 1.165) is 0 Å². The quantitative estimate of drug-likeness (QED) is 0.750. The number of rotatable bonds is 1. The monoisotopic (exact) mass is 277 g/mol. The van der Waals surface area contributed by atoms with E-state index in [4.69, 9.17) is 4.74 Å². The molecule has 0 aromatic heterocycles. The Hall–Kier alpha value is -2.08. The van der Waals surface area contributed by atoms with Crippen LogP contribution in [0.3, 0.4) is 0 Å². The predicted molar refractivity (Wildman–Crippen MR) is 69.6 cm³/mol. The highest BCUT2D eigenvalue weighted by atomic mass is 16.5. The molecule has 1 aliphatic carbocycles. The lowest BCUT2D eigenvalue weighted by Crippen LogP contribution is -2.65. The SMILES string of the molecule is COC(=O)c1ccc2c(c1)NC(=O)C1(CC(C)(O)C1)O2. The maximum Gasteiger partial charge on any atom is 0.337 e. The first-order chi connectivity index (χ1) is 9.35. The summed E-state index contributed by atoms with van der Waals surface area (Å²) in [4.78, 5) is 23.6. The lowest BCUT2D eigenvalue weighted by molar-refractivity contribution is -0.174. The van der Waals surface area contributed by atoms with Crippen LogP contribution in [0, 0.1) is 0 Å². The molecule has 1 saturated carbocycles. The van der Waals surface area contributed by atoms with E-state index in [1.54, 1.807) is 19.1 Å². The van der Waals surface area contributed by atoms with Gasteiger partial charge in [-0.3, -0.25) is 4.79 Å². The molecule has 0 bridgehead atoms. The van der Waals surface area contributed by atoms with Gasteiger partial charge >= 0.3 is 5.97 Å². The van der Waals surface area contributed by atoms with Crippen molar-refractivity contribution in [2.45, 2.75) is 31.0 Å². The number of fused-ring (bicyclic) bond motifs is 1. The minimum atomic E-state index is -0.997. The number of carbonyl (C=O) groups is 2. The Morgan fingerprint density at radius 3 is 2.75 bits per heavy atom. The van der Waals surface area contributed by atoms with Crippen LogP contribution in [0.4, 0.5) is 5.69 Å². The number of esters is 1. The molecule has 3 rings (SSSR count). The summed E-state index contributed by atoms with van der Waals surface area (Å²) in [6.45, 7) is 1.67. The molecule has 1 aromatic carbocycles. The van der Waals surface area contributed by atoms with Crippen molar-refractivity contribution in [3.63, 3.8) is 0 Å². The van der Waals surface area contributed by atoms with Gasteiger partial charge in [0.2, 0.25) is 0 Å². The van der Waals surface area contributed by atoms with E-state index >= 15 is 0 Å². The molecule has 0 atom stereocenters. The smallest absolute Gasteiger partial charge is 0.337 e. The summed E-state index contributed by atoms with van der Waals surface area (Å²) in [6, 6.07) is 4.71. The van der Waals surface area contributed by atoms with Crippen LogP contribution in [-0.4, -0.2) is 35.3 Å². The number of nitrogens with one attached hydrogen (secondary N) is 1. The lowest BCUT2D eigenvalue weighted by atomic mass is 9.67. The second kappa shape index (κ2) is 3.96. The number of hydrogen-bond acceptors (Lipinski definition) is 5. The second-order valence-electron chi connectivity index (χ2n) is 5.60. The van der Waals surface area contributed by atoms with Crippen LogP contribution >= 0.6 is 0 Å². The predicted octanol–water partition coefficient (Wildman–Crippen LogP) is 1.09. The van der Waals surface area contributed by atoms with Gasteiger partial charge in [0, 0.05) is 12.8 Å². The minimum Gasteiger partial charge on any atom is -0.475 e. The van der Waals surface area contributed by atoms with Crippen LogP contribution in [0.25, 0.3) is 0 Å². The van der Waals surface area contributed by atoms with Gasteiger partial charge in [0.15, 0.2) is 5.60 Å². The van der Waals surface area contributed by atoms with Crippen molar-refractivity contribution < 1.29 is 24.2 Å². The van der Waals surface area contributed by atoms with Crippen molar-refractivity contribution in [3.05, 3.63) is 23.8 Å². The third kappa shape index (κ3) is 1.84. The summed E-state index contributed by atoms with van der Waals surface area (Å²) in [5.41, 5.74) is -1.09. The Labute approximate surface area is 115 Å². The average Bonchev–Trinajstić information content (AvgIpc) is 2.36. The molecule has 6 nitrogen and oxygen atoms in total. The van der Waals surface area contributed by atoms with E-state index < -0.39 is 17.2 Å². The molecule has 1 spiro atoms. The van der Waals surface area contributed by atoms with Gasteiger partial charge in [0.1, 0.15) is 5.75 Å². The average molecular weight is 277 g/mol. The molecule has 1 aliphatic heterocycles. The number of carbonyl (C=O) groups excluding carboxylic acids is 2. The van der Waals surface area contributed by atoms with Crippen LogP contribution < -0.4 is 10.1 Å².